The molecule has 0 aliphatic heterocycles. The van der Waals surface area contributed by atoms with Crippen LogP contribution in [0.25, 0.3) is 0 Å². The Balaban J connectivity index is 2.43. The van der Waals surface area contributed by atoms with Crippen LogP contribution in [-0.2, 0) is 0 Å². The van der Waals surface area contributed by atoms with Crippen LogP contribution in [0, 0.1) is 0 Å². The van der Waals surface area contributed by atoms with Crippen molar-refractivity contribution in [1.29, 1.82) is 0 Å². The maximum absolute atomic E-state index is 12.0. The third-order valence-corrected chi connectivity index (χ3v) is 2.86. The Morgan fingerprint density at radius 2 is 1.90 bits per heavy atom. The number of carboxylic acid groups (broad SMARTS) is 1. The Morgan fingerprint density at radius 3 is 2.52 bits per heavy atom. The molecular weight excluding hydrogens is 302 g/mol. The first kappa shape index (κ1) is 14.5. The van der Waals surface area contributed by atoms with E-state index in [0.717, 1.165) is 6.20 Å². The number of halogens is 1. The van der Waals surface area contributed by atoms with Gasteiger partial charge in [0, 0.05) is 6.20 Å². The van der Waals surface area contributed by atoms with Crippen molar-refractivity contribution in [2.24, 2.45) is 0 Å². The number of hydrogen-bond donors (Lipinski definition) is 4. The van der Waals surface area contributed by atoms with Gasteiger partial charge in [0.15, 0.2) is 0 Å². The van der Waals surface area contributed by atoms with Crippen molar-refractivity contribution in [3.8, 4) is 0 Å². The van der Waals surface area contributed by atoms with Crippen LogP contribution >= 0.6 is 11.6 Å². The second-order valence-corrected chi connectivity index (χ2v) is 4.31. The summed E-state index contributed by atoms with van der Waals surface area (Å²) >= 11 is 5.85. The van der Waals surface area contributed by atoms with Crippen molar-refractivity contribution in [1.82, 2.24) is 9.97 Å². The highest BCUT2D eigenvalue weighted by molar-refractivity contribution is 6.34. The van der Waals surface area contributed by atoms with Crippen molar-refractivity contribution >= 4 is 29.2 Å². The summed E-state index contributed by atoms with van der Waals surface area (Å²) in [6.45, 7) is 0. The van der Waals surface area contributed by atoms with Gasteiger partial charge in [0.1, 0.15) is 5.56 Å². The number of aromatic carboxylic acids is 1. The summed E-state index contributed by atoms with van der Waals surface area (Å²) in [5, 5.41) is 11.3. The van der Waals surface area contributed by atoms with Crippen molar-refractivity contribution in [3.05, 3.63) is 61.4 Å². The highest BCUT2D eigenvalue weighted by Crippen LogP contribution is 2.26. The van der Waals surface area contributed by atoms with E-state index in [-0.39, 0.29) is 21.8 Å². The zero-order chi connectivity index (χ0) is 15.6. The number of rotatable bonds is 3. The largest absolute Gasteiger partial charge is 0.478 e. The molecule has 0 aliphatic carbocycles. The number of amides is 1. The van der Waals surface area contributed by atoms with Gasteiger partial charge >= 0.3 is 11.7 Å². The average Bonchev–Trinajstić information content (AvgIpc) is 2.40. The van der Waals surface area contributed by atoms with Gasteiger partial charge in [-0.15, -0.1) is 0 Å². The van der Waals surface area contributed by atoms with E-state index in [0.29, 0.717) is 0 Å². The molecule has 0 bridgehead atoms. The van der Waals surface area contributed by atoms with Gasteiger partial charge in [0.05, 0.1) is 16.3 Å². The number of aromatic nitrogens is 2. The Kier molecular flexibility index (Phi) is 3.90. The molecule has 0 spiro atoms. The molecule has 1 aromatic heterocycles. The number of para-hydroxylation sites is 1. The van der Waals surface area contributed by atoms with Gasteiger partial charge in [-0.25, -0.2) is 9.59 Å². The molecule has 108 valence electrons. The van der Waals surface area contributed by atoms with Crippen molar-refractivity contribution in [2.75, 3.05) is 5.32 Å². The molecule has 1 amide bonds. The second kappa shape index (κ2) is 5.63. The second-order valence-electron chi connectivity index (χ2n) is 3.91. The lowest BCUT2D eigenvalue weighted by Gasteiger charge is -2.09. The Hall–Kier alpha value is -2.87. The van der Waals surface area contributed by atoms with Crippen LogP contribution < -0.4 is 16.6 Å². The number of H-pyrrole nitrogens is 2. The summed E-state index contributed by atoms with van der Waals surface area (Å²) in [5.74, 6) is -2.19. The molecule has 1 heterocycles. The molecule has 0 saturated carbocycles. The van der Waals surface area contributed by atoms with E-state index >= 15 is 0 Å². The number of carboxylic acids is 1. The number of aromatic amines is 2. The maximum atomic E-state index is 12.0. The van der Waals surface area contributed by atoms with Gasteiger partial charge in [0.2, 0.25) is 0 Å². The van der Waals surface area contributed by atoms with Crippen molar-refractivity contribution in [3.63, 3.8) is 0 Å². The van der Waals surface area contributed by atoms with Crippen molar-refractivity contribution in [2.45, 2.75) is 0 Å². The van der Waals surface area contributed by atoms with E-state index in [1.165, 1.54) is 18.2 Å². The summed E-state index contributed by atoms with van der Waals surface area (Å²) < 4.78 is 0. The van der Waals surface area contributed by atoms with Gasteiger partial charge in [0.25, 0.3) is 11.5 Å². The minimum Gasteiger partial charge on any atom is -0.478 e. The molecule has 0 atom stereocenters. The van der Waals surface area contributed by atoms with E-state index < -0.39 is 23.1 Å². The summed E-state index contributed by atoms with van der Waals surface area (Å²) in [6, 6.07) is 4.05. The number of carbonyl (C=O) groups excluding carboxylic acids is 1. The molecule has 0 saturated heterocycles. The lowest BCUT2D eigenvalue weighted by atomic mass is 10.1. The highest BCUT2D eigenvalue weighted by atomic mass is 35.5. The minimum atomic E-state index is -1.29. The molecule has 0 radical (unpaired) electrons. The first-order valence-corrected chi connectivity index (χ1v) is 5.93. The standard InChI is InChI=1S/C12H8ClN3O5/c13-7-3-1-2-5(11(19)20)8(7)15-9(17)6-4-14-12(21)16-10(6)18/h1-4H,(H,15,17)(H,19,20)(H2,14,16,18,21). The normalized spacial score (nSPS) is 10.1. The summed E-state index contributed by atoms with van der Waals surface area (Å²) in [4.78, 5) is 49.4. The van der Waals surface area contributed by atoms with Crippen molar-refractivity contribution < 1.29 is 14.7 Å². The van der Waals surface area contributed by atoms with Gasteiger partial charge in [-0.1, -0.05) is 17.7 Å². The van der Waals surface area contributed by atoms with Crippen LogP contribution in [0.2, 0.25) is 5.02 Å². The molecule has 2 rings (SSSR count). The predicted molar refractivity (Wildman–Crippen MR) is 74.0 cm³/mol. The van der Waals surface area contributed by atoms with E-state index in [9.17, 15) is 19.2 Å². The van der Waals surface area contributed by atoms with Crippen LogP contribution in [0.5, 0.6) is 0 Å². The molecule has 0 fully saturated rings. The van der Waals surface area contributed by atoms with Gasteiger partial charge in [-0.2, -0.15) is 0 Å². The van der Waals surface area contributed by atoms with Crippen LogP contribution in [-0.4, -0.2) is 27.0 Å². The van der Waals surface area contributed by atoms with E-state index in [2.05, 4.69) is 10.3 Å². The highest BCUT2D eigenvalue weighted by Gasteiger charge is 2.18. The molecule has 0 unspecified atom stereocenters. The third-order valence-electron chi connectivity index (χ3n) is 2.55. The molecule has 9 heteroatoms. The van der Waals surface area contributed by atoms with E-state index in [4.69, 9.17) is 16.7 Å². The first-order valence-electron chi connectivity index (χ1n) is 5.55. The summed E-state index contributed by atoms with van der Waals surface area (Å²) in [5.41, 5.74) is -2.41. The lowest BCUT2D eigenvalue weighted by Crippen LogP contribution is -2.30. The maximum Gasteiger partial charge on any atom is 0.337 e. The molecule has 1 aromatic carbocycles. The fourth-order valence-electron chi connectivity index (χ4n) is 1.59. The van der Waals surface area contributed by atoms with Crippen LogP contribution in [0.15, 0.2) is 34.0 Å². The van der Waals surface area contributed by atoms with Gasteiger partial charge in [-0.3, -0.25) is 14.6 Å². The topological polar surface area (TPSA) is 132 Å². The molecular formula is C12H8ClN3O5. The number of carbonyl (C=O) groups is 2. The average molecular weight is 310 g/mol. The zero-order valence-electron chi connectivity index (χ0n) is 10.3. The molecule has 21 heavy (non-hydrogen) atoms. The Labute approximate surface area is 121 Å². The van der Waals surface area contributed by atoms with Gasteiger partial charge in [-0.05, 0) is 12.1 Å². The lowest BCUT2D eigenvalue weighted by molar-refractivity contribution is 0.0698. The smallest absolute Gasteiger partial charge is 0.337 e. The van der Waals surface area contributed by atoms with E-state index in [1.54, 1.807) is 0 Å². The molecule has 8 nitrogen and oxygen atoms in total. The number of nitrogens with one attached hydrogen (secondary N) is 3. The first-order chi connectivity index (χ1) is 9.90. The fourth-order valence-corrected chi connectivity index (χ4v) is 1.81. The number of hydrogen-bond acceptors (Lipinski definition) is 4. The fraction of sp³-hybridized carbons (Fsp3) is 0. The SMILES string of the molecule is O=C(O)c1cccc(Cl)c1NC(=O)c1c[nH]c(=O)[nH]c1=O. The molecule has 4 N–H and O–H groups in total. The Bertz CT molecular complexity index is 839. The van der Waals surface area contributed by atoms with Crippen LogP contribution in [0.1, 0.15) is 20.7 Å². The quantitative estimate of drug-likeness (QED) is 0.661. The molecule has 0 aliphatic rings. The monoisotopic (exact) mass is 309 g/mol. The minimum absolute atomic E-state index is 0.00380. The summed E-state index contributed by atoms with van der Waals surface area (Å²) in [6.07, 6.45) is 0.924. The predicted octanol–water partition coefficient (Wildman–Crippen LogP) is 0.667. The third kappa shape index (κ3) is 3.00. The number of benzene rings is 1. The van der Waals surface area contributed by atoms with E-state index in [1.807, 2.05) is 4.98 Å². The van der Waals surface area contributed by atoms with Crippen LogP contribution in [0.3, 0.4) is 0 Å². The summed E-state index contributed by atoms with van der Waals surface area (Å²) in [7, 11) is 0. The van der Waals surface area contributed by atoms with Crippen LogP contribution in [0.4, 0.5) is 5.69 Å². The molecule has 2 aromatic rings. The zero-order valence-corrected chi connectivity index (χ0v) is 11.0. The Morgan fingerprint density at radius 1 is 1.19 bits per heavy atom. The number of anilines is 1. The van der Waals surface area contributed by atoms with Gasteiger partial charge < -0.3 is 15.4 Å².